The maximum absolute atomic E-state index is 13.2. The zero-order valence-electron chi connectivity index (χ0n) is 15.0. The van der Waals surface area contributed by atoms with Gasteiger partial charge in [0.25, 0.3) is 0 Å². The molecule has 4 nitrogen and oxygen atoms in total. The molecular formula is C21H19F3N2O2. The Kier molecular flexibility index (Phi) is 4.61. The van der Waals surface area contributed by atoms with Crippen molar-refractivity contribution >= 4 is 23.2 Å². The average Bonchev–Trinajstić information content (AvgIpc) is 3.36. The van der Waals surface area contributed by atoms with Crippen LogP contribution < -0.4 is 10.2 Å². The second kappa shape index (κ2) is 6.96. The van der Waals surface area contributed by atoms with Gasteiger partial charge in [-0.25, -0.2) is 0 Å². The van der Waals surface area contributed by atoms with Gasteiger partial charge in [0.15, 0.2) is 0 Å². The van der Waals surface area contributed by atoms with E-state index in [2.05, 4.69) is 5.32 Å². The Morgan fingerprint density at radius 2 is 1.79 bits per heavy atom. The predicted molar refractivity (Wildman–Crippen MR) is 99.0 cm³/mol. The van der Waals surface area contributed by atoms with E-state index in [1.807, 2.05) is 0 Å². The lowest BCUT2D eigenvalue weighted by molar-refractivity contribution is -0.138. The first-order valence-corrected chi connectivity index (χ1v) is 9.22. The molecule has 1 aliphatic heterocycles. The highest BCUT2D eigenvalue weighted by Gasteiger charge is 2.48. The van der Waals surface area contributed by atoms with E-state index in [9.17, 15) is 22.8 Å². The predicted octanol–water partition coefficient (Wildman–Crippen LogP) is 4.57. The molecule has 1 N–H and O–H groups in total. The Morgan fingerprint density at radius 3 is 2.50 bits per heavy atom. The van der Waals surface area contributed by atoms with Gasteiger partial charge in [-0.1, -0.05) is 30.3 Å². The van der Waals surface area contributed by atoms with E-state index < -0.39 is 23.6 Å². The molecule has 4 rings (SSSR count). The fourth-order valence-corrected chi connectivity index (χ4v) is 3.85. The molecule has 0 radical (unpaired) electrons. The molecule has 7 heteroatoms. The number of para-hydroxylation sites is 2. The van der Waals surface area contributed by atoms with Gasteiger partial charge in [-0.05, 0) is 42.5 Å². The molecule has 0 bridgehead atoms. The van der Waals surface area contributed by atoms with Crippen LogP contribution in [-0.4, -0.2) is 18.4 Å². The summed E-state index contributed by atoms with van der Waals surface area (Å²) in [5, 5.41) is 2.81. The van der Waals surface area contributed by atoms with Crippen molar-refractivity contribution in [3.8, 4) is 0 Å². The lowest BCUT2D eigenvalue weighted by Gasteiger charge is -2.20. The number of halogens is 3. The number of alkyl halides is 3. The number of rotatable bonds is 4. The van der Waals surface area contributed by atoms with Crippen molar-refractivity contribution < 1.29 is 22.8 Å². The van der Waals surface area contributed by atoms with Crippen molar-refractivity contribution in [2.24, 2.45) is 5.92 Å². The Labute approximate surface area is 160 Å². The van der Waals surface area contributed by atoms with Crippen LogP contribution in [0.15, 0.2) is 48.5 Å². The summed E-state index contributed by atoms with van der Waals surface area (Å²) in [6, 6.07) is 12.4. The molecule has 1 heterocycles. The summed E-state index contributed by atoms with van der Waals surface area (Å²) in [4.78, 5) is 26.3. The molecule has 0 spiro atoms. The highest BCUT2D eigenvalue weighted by molar-refractivity contribution is 6.03. The summed E-state index contributed by atoms with van der Waals surface area (Å²) >= 11 is 0. The summed E-state index contributed by atoms with van der Waals surface area (Å²) in [6.07, 6.45) is -2.83. The highest BCUT2D eigenvalue weighted by atomic mass is 19.4. The first kappa shape index (κ1) is 18.5. The largest absolute Gasteiger partial charge is 0.416 e. The van der Waals surface area contributed by atoms with Crippen molar-refractivity contribution in [2.75, 3.05) is 16.8 Å². The molecule has 2 aromatic rings. The number of amides is 2. The zero-order valence-corrected chi connectivity index (χ0v) is 15.0. The van der Waals surface area contributed by atoms with E-state index in [0.717, 1.165) is 12.5 Å². The van der Waals surface area contributed by atoms with Crippen LogP contribution in [0.3, 0.4) is 0 Å². The number of carbonyl (C=O) groups excluding carboxylic acids is 2. The molecule has 1 saturated carbocycles. The Hall–Kier alpha value is -2.83. The molecule has 2 fully saturated rings. The third-order valence-electron chi connectivity index (χ3n) is 5.32. The van der Waals surface area contributed by atoms with E-state index in [1.165, 1.54) is 12.1 Å². The van der Waals surface area contributed by atoms with E-state index in [-0.39, 0.29) is 17.4 Å². The minimum absolute atomic E-state index is 0.00472. The number of anilines is 2. The smallest absolute Gasteiger partial charge is 0.324 e. The second-order valence-electron chi connectivity index (χ2n) is 7.19. The monoisotopic (exact) mass is 388 g/mol. The van der Waals surface area contributed by atoms with Gasteiger partial charge in [-0.3, -0.25) is 9.59 Å². The van der Waals surface area contributed by atoms with Gasteiger partial charge < -0.3 is 10.2 Å². The molecule has 2 aromatic carbocycles. The number of hydrogen-bond acceptors (Lipinski definition) is 2. The van der Waals surface area contributed by atoms with E-state index in [0.29, 0.717) is 30.8 Å². The summed E-state index contributed by atoms with van der Waals surface area (Å²) in [5.74, 6) is -1.27. The number of benzene rings is 2. The molecule has 2 atom stereocenters. The normalized spacial score (nSPS) is 21.7. The highest BCUT2D eigenvalue weighted by Crippen LogP contribution is 2.51. The van der Waals surface area contributed by atoms with Gasteiger partial charge in [0.05, 0.1) is 16.9 Å². The van der Waals surface area contributed by atoms with Gasteiger partial charge in [0.2, 0.25) is 11.8 Å². The Bertz CT molecular complexity index is 926. The maximum atomic E-state index is 13.2. The SMILES string of the molecule is O=C(Nc1ccccc1N1CCCC1=O)C1CC1c1ccccc1C(F)(F)F. The van der Waals surface area contributed by atoms with E-state index in [4.69, 9.17) is 0 Å². The number of nitrogens with one attached hydrogen (secondary N) is 1. The molecule has 28 heavy (non-hydrogen) atoms. The molecular weight excluding hydrogens is 369 g/mol. The summed E-state index contributed by atoms with van der Waals surface area (Å²) in [7, 11) is 0. The fraction of sp³-hybridized carbons (Fsp3) is 0.333. The van der Waals surface area contributed by atoms with Gasteiger partial charge in [-0.2, -0.15) is 13.2 Å². The third-order valence-corrected chi connectivity index (χ3v) is 5.32. The van der Waals surface area contributed by atoms with Gasteiger partial charge >= 0.3 is 6.18 Å². The third kappa shape index (κ3) is 3.48. The van der Waals surface area contributed by atoms with Crippen LogP contribution >= 0.6 is 0 Å². The van der Waals surface area contributed by atoms with Gasteiger partial charge in [0.1, 0.15) is 0 Å². The lowest BCUT2D eigenvalue weighted by Crippen LogP contribution is -2.26. The Morgan fingerprint density at radius 1 is 1.07 bits per heavy atom. The fourth-order valence-electron chi connectivity index (χ4n) is 3.85. The summed E-state index contributed by atoms with van der Waals surface area (Å²) in [6.45, 7) is 0.594. The minimum atomic E-state index is -4.44. The van der Waals surface area contributed by atoms with Crippen LogP contribution in [0, 0.1) is 5.92 Å². The zero-order chi connectivity index (χ0) is 19.9. The number of hydrogen-bond donors (Lipinski definition) is 1. The molecule has 2 unspecified atom stereocenters. The van der Waals surface area contributed by atoms with Crippen molar-refractivity contribution in [2.45, 2.75) is 31.4 Å². The number of carbonyl (C=O) groups is 2. The van der Waals surface area contributed by atoms with Gasteiger partial charge in [-0.15, -0.1) is 0 Å². The summed E-state index contributed by atoms with van der Waals surface area (Å²) < 4.78 is 39.7. The first-order chi connectivity index (χ1) is 13.4. The molecule has 146 valence electrons. The first-order valence-electron chi connectivity index (χ1n) is 9.22. The summed E-state index contributed by atoms with van der Waals surface area (Å²) in [5.41, 5.74) is 0.625. The van der Waals surface area contributed by atoms with Crippen molar-refractivity contribution in [1.82, 2.24) is 0 Å². The van der Waals surface area contributed by atoms with Crippen LogP contribution in [0.25, 0.3) is 0 Å². The van der Waals surface area contributed by atoms with Crippen molar-refractivity contribution in [3.63, 3.8) is 0 Å². The lowest BCUT2D eigenvalue weighted by atomic mass is 10.0. The minimum Gasteiger partial charge on any atom is -0.324 e. The molecule has 2 amide bonds. The molecule has 1 aliphatic carbocycles. The van der Waals surface area contributed by atoms with Crippen LogP contribution in [0.2, 0.25) is 0 Å². The van der Waals surface area contributed by atoms with Crippen molar-refractivity contribution in [1.29, 1.82) is 0 Å². The van der Waals surface area contributed by atoms with Crippen LogP contribution in [-0.2, 0) is 15.8 Å². The van der Waals surface area contributed by atoms with Crippen LogP contribution in [0.1, 0.15) is 36.3 Å². The maximum Gasteiger partial charge on any atom is 0.416 e. The molecule has 0 aromatic heterocycles. The second-order valence-corrected chi connectivity index (χ2v) is 7.19. The van der Waals surface area contributed by atoms with E-state index >= 15 is 0 Å². The van der Waals surface area contributed by atoms with Crippen LogP contribution in [0.5, 0.6) is 0 Å². The topological polar surface area (TPSA) is 49.4 Å². The van der Waals surface area contributed by atoms with E-state index in [1.54, 1.807) is 35.2 Å². The molecule has 1 saturated heterocycles. The average molecular weight is 388 g/mol. The quantitative estimate of drug-likeness (QED) is 0.834. The number of nitrogens with zero attached hydrogens (tertiary/aromatic N) is 1. The Balaban J connectivity index is 1.51. The molecule has 2 aliphatic rings. The van der Waals surface area contributed by atoms with Crippen molar-refractivity contribution in [3.05, 3.63) is 59.7 Å². The van der Waals surface area contributed by atoms with Gasteiger partial charge in [0, 0.05) is 18.9 Å². The standard InChI is InChI=1S/C21H19F3N2O2/c22-21(23,24)16-7-2-1-6-13(16)14-12-15(14)20(28)25-17-8-3-4-9-18(17)26-11-5-10-19(26)27/h1-4,6-9,14-15H,5,10-12H2,(H,25,28). The van der Waals surface area contributed by atoms with Crippen LogP contribution in [0.4, 0.5) is 24.5 Å².